The zero-order valence-corrected chi connectivity index (χ0v) is 16.4. The van der Waals surface area contributed by atoms with Crippen molar-refractivity contribution in [2.75, 3.05) is 6.54 Å². The third kappa shape index (κ3) is 4.76. The van der Waals surface area contributed by atoms with Crippen molar-refractivity contribution in [2.45, 2.75) is 46.1 Å². The summed E-state index contributed by atoms with van der Waals surface area (Å²) >= 11 is 0. The summed E-state index contributed by atoms with van der Waals surface area (Å²) in [4.78, 5) is 39.6. The van der Waals surface area contributed by atoms with Crippen LogP contribution in [0.5, 0.6) is 5.88 Å². The van der Waals surface area contributed by atoms with E-state index in [1.165, 1.54) is 4.57 Å². The van der Waals surface area contributed by atoms with Gasteiger partial charge in [-0.1, -0.05) is 52.0 Å². The highest BCUT2D eigenvalue weighted by molar-refractivity contribution is 5.97. The predicted octanol–water partition coefficient (Wildman–Crippen LogP) is 1.67. The van der Waals surface area contributed by atoms with Gasteiger partial charge < -0.3 is 15.5 Å². The quantitative estimate of drug-likeness (QED) is 0.693. The van der Waals surface area contributed by atoms with Gasteiger partial charge in [0, 0.05) is 6.42 Å². The first-order chi connectivity index (χ1) is 13.0. The van der Waals surface area contributed by atoms with Crippen molar-refractivity contribution in [3.63, 3.8) is 0 Å². The van der Waals surface area contributed by atoms with Crippen LogP contribution in [-0.2, 0) is 23.2 Å². The molecule has 0 saturated heterocycles. The van der Waals surface area contributed by atoms with Gasteiger partial charge in [0.2, 0.25) is 5.88 Å². The SMILES string of the molecule is CCc1nc(O)c(C(=O)NCC(=O)O)c(=O)n1Cc1ccc(C(C)(C)C)cc1. The molecule has 0 aliphatic rings. The van der Waals surface area contributed by atoms with Gasteiger partial charge >= 0.3 is 5.97 Å². The normalized spacial score (nSPS) is 11.3. The molecular weight excluding hydrogens is 362 g/mol. The van der Waals surface area contributed by atoms with Crippen molar-refractivity contribution in [1.29, 1.82) is 0 Å². The molecule has 28 heavy (non-hydrogen) atoms. The molecule has 0 spiro atoms. The van der Waals surface area contributed by atoms with Crippen LogP contribution in [0.25, 0.3) is 0 Å². The lowest BCUT2D eigenvalue weighted by molar-refractivity contribution is -0.135. The second kappa shape index (κ2) is 8.24. The molecule has 150 valence electrons. The van der Waals surface area contributed by atoms with E-state index >= 15 is 0 Å². The highest BCUT2D eigenvalue weighted by Gasteiger charge is 2.22. The molecule has 0 unspecified atom stereocenters. The van der Waals surface area contributed by atoms with E-state index in [4.69, 9.17) is 5.11 Å². The summed E-state index contributed by atoms with van der Waals surface area (Å²) in [5.41, 5.74) is 0.711. The van der Waals surface area contributed by atoms with Crippen molar-refractivity contribution >= 4 is 11.9 Å². The molecule has 2 rings (SSSR count). The van der Waals surface area contributed by atoms with E-state index < -0.39 is 35.4 Å². The number of aromatic hydroxyl groups is 1. The van der Waals surface area contributed by atoms with Crippen LogP contribution in [-0.4, -0.2) is 38.2 Å². The third-order valence-corrected chi connectivity index (χ3v) is 4.33. The zero-order valence-electron chi connectivity index (χ0n) is 16.4. The van der Waals surface area contributed by atoms with Crippen LogP contribution < -0.4 is 10.9 Å². The molecule has 1 heterocycles. The second-order valence-electron chi connectivity index (χ2n) is 7.49. The van der Waals surface area contributed by atoms with Gasteiger partial charge in [0.25, 0.3) is 11.5 Å². The number of carboxylic acids is 1. The summed E-state index contributed by atoms with van der Waals surface area (Å²) in [5, 5.41) is 20.8. The van der Waals surface area contributed by atoms with Crippen LogP contribution in [0.3, 0.4) is 0 Å². The van der Waals surface area contributed by atoms with Gasteiger partial charge in [-0.25, -0.2) is 0 Å². The molecule has 1 aromatic heterocycles. The van der Waals surface area contributed by atoms with E-state index in [-0.39, 0.29) is 12.0 Å². The van der Waals surface area contributed by atoms with E-state index in [2.05, 4.69) is 31.1 Å². The fourth-order valence-electron chi connectivity index (χ4n) is 2.75. The topological polar surface area (TPSA) is 122 Å². The minimum absolute atomic E-state index is 0.000558. The molecule has 0 fully saturated rings. The molecule has 0 bridgehead atoms. The Morgan fingerprint density at radius 2 is 1.79 bits per heavy atom. The standard InChI is InChI=1S/C20H25N3O5/c1-5-14-22-18(27)16(17(26)21-10-15(24)25)19(28)23(14)11-12-6-8-13(9-7-12)20(2,3)4/h6-9,27H,5,10-11H2,1-4H3,(H,21,26)(H,24,25). The molecule has 0 radical (unpaired) electrons. The number of nitrogens with zero attached hydrogens (tertiary/aromatic N) is 2. The minimum atomic E-state index is -1.26. The minimum Gasteiger partial charge on any atom is -0.493 e. The summed E-state index contributed by atoms with van der Waals surface area (Å²) in [6.45, 7) is 7.61. The van der Waals surface area contributed by atoms with E-state index in [0.29, 0.717) is 12.2 Å². The fourth-order valence-corrected chi connectivity index (χ4v) is 2.75. The van der Waals surface area contributed by atoms with Crippen molar-refractivity contribution in [2.24, 2.45) is 0 Å². The van der Waals surface area contributed by atoms with Crippen LogP contribution in [0, 0.1) is 0 Å². The number of aromatic nitrogens is 2. The summed E-state index contributed by atoms with van der Waals surface area (Å²) < 4.78 is 1.32. The lowest BCUT2D eigenvalue weighted by atomic mass is 9.87. The van der Waals surface area contributed by atoms with Gasteiger partial charge in [-0.15, -0.1) is 0 Å². The van der Waals surface area contributed by atoms with Gasteiger partial charge in [0.15, 0.2) is 5.56 Å². The average molecular weight is 387 g/mol. The number of hydrogen-bond donors (Lipinski definition) is 3. The lowest BCUT2D eigenvalue weighted by Crippen LogP contribution is -2.37. The van der Waals surface area contributed by atoms with E-state index in [1.807, 2.05) is 24.3 Å². The first kappa shape index (κ1) is 21.1. The van der Waals surface area contributed by atoms with Crippen molar-refractivity contribution in [3.05, 3.63) is 57.1 Å². The Morgan fingerprint density at radius 3 is 2.29 bits per heavy atom. The first-order valence-corrected chi connectivity index (χ1v) is 8.96. The summed E-state index contributed by atoms with van der Waals surface area (Å²) in [6.07, 6.45) is 0.375. The van der Waals surface area contributed by atoms with E-state index in [9.17, 15) is 19.5 Å². The Hall–Kier alpha value is -3.16. The number of nitrogens with one attached hydrogen (secondary N) is 1. The van der Waals surface area contributed by atoms with E-state index in [1.54, 1.807) is 6.92 Å². The van der Waals surface area contributed by atoms with Gasteiger partial charge in [0.1, 0.15) is 12.4 Å². The first-order valence-electron chi connectivity index (χ1n) is 8.96. The van der Waals surface area contributed by atoms with Gasteiger partial charge in [-0.05, 0) is 16.5 Å². The Bertz CT molecular complexity index is 940. The number of carbonyl (C=O) groups excluding carboxylic acids is 1. The molecular formula is C20H25N3O5. The van der Waals surface area contributed by atoms with Crippen LogP contribution in [0.1, 0.15) is 55.0 Å². The second-order valence-corrected chi connectivity index (χ2v) is 7.49. The Morgan fingerprint density at radius 1 is 1.18 bits per heavy atom. The molecule has 8 heteroatoms. The van der Waals surface area contributed by atoms with Gasteiger partial charge in [-0.2, -0.15) is 4.98 Å². The number of hydrogen-bond acceptors (Lipinski definition) is 5. The predicted molar refractivity (Wildman–Crippen MR) is 104 cm³/mol. The largest absolute Gasteiger partial charge is 0.493 e. The number of aryl methyl sites for hydroxylation is 1. The molecule has 1 aromatic carbocycles. The van der Waals surface area contributed by atoms with Gasteiger partial charge in [0.05, 0.1) is 6.54 Å². The number of carbonyl (C=O) groups is 2. The molecule has 0 atom stereocenters. The molecule has 8 nitrogen and oxygen atoms in total. The van der Waals surface area contributed by atoms with Crippen LogP contribution in [0.2, 0.25) is 0 Å². The Labute approximate surface area is 162 Å². The molecule has 0 aliphatic heterocycles. The van der Waals surface area contributed by atoms with Crippen molar-refractivity contribution in [1.82, 2.24) is 14.9 Å². The third-order valence-electron chi connectivity index (χ3n) is 4.33. The summed E-state index contributed by atoms with van der Waals surface area (Å²) in [6, 6.07) is 7.79. The fraction of sp³-hybridized carbons (Fsp3) is 0.400. The maximum absolute atomic E-state index is 12.8. The van der Waals surface area contributed by atoms with Crippen LogP contribution in [0.4, 0.5) is 0 Å². The van der Waals surface area contributed by atoms with E-state index in [0.717, 1.165) is 11.1 Å². The number of amides is 1. The van der Waals surface area contributed by atoms with Crippen molar-refractivity contribution in [3.8, 4) is 5.88 Å². The van der Waals surface area contributed by atoms with Crippen LogP contribution >= 0.6 is 0 Å². The maximum atomic E-state index is 12.8. The smallest absolute Gasteiger partial charge is 0.322 e. The maximum Gasteiger partial charge on any atom is 0.322 e. The number of aliphatic carboxylic acids is 1. The zero-order chi connectivity index (χ0) is 21.1. The monoisotopic (exact) mass is 387 g/mol. The summed E-state index contributed by atoms with van der Waals surface area (Å²) in [5.74, 6) is -2.61. The molecule has 0 aliphatic carbocycles. The summed E-state index contributed by atoms with van der Waals surface area (Å²) in [7, 11) is 0. The lowest BCUT2D eigenvalue weighted by Gasteiger charge is -2.19. The number of benzene rings is 1. The number of rotatable bonds is 6. The molecule has 3 N–H and O–H groups in total. The highest BCUT2D eigenvalue weighted by atomic mass is 16.4. The number of carboxylic acid groups (broad SMARTS) is 1. The molecule has 2 aromatic rings. The van der Waals surface area contributed by atoms with Gasteiger partial charge in [-0.3, -0.25) is 19.0 Å². The Balaban J connectivity index is 2.43. The van der Waals surface area contributed by atoms with Crippen molar-refractivity contribution < 1.29 is 19.8 Å². The average Bonchev–Trinajstić information content (AvgIpc) is 2.61. The molecule has 1 amide bonds. The van der Waals surface area contributed by atoms with Crippen LogP contribution in [0.15, 0.2) is 29.1 Å². The molecule has 0 saturated carbocycles. The highest BCUT2D eigenvalue weighted by Crippen LogP contribution is 2.22. The Kier molecular flexibility index (Phi) is 6.23.